The van der Waals surface area contributed by atoms with E-state index in [0.29, 0.717) is 12.6 Å². The zero-order valence-corrected chi connectivity index (χ0v) is 12.1. The fourth-order valence-corrected chi connectivity index (χ4v) is 2.36. The van der Waals surface area contributed by atoms with Crippen molar-refractivity contribution < 1.29 is 4.79 Å². The van der Waals surface area contributed by atoms with Crippen LogP contribution in [0.2, 0.25) is 0 Å². The third-order valence-electron chi connectivity index (χ3n) is 3.13. The van der Waals surface area contributed by atoms with Gasteiger partial charge in [0.2, 0.25) is 0 Å². The zero-order chi connectivity index (χ0) is 13.7. The topological polar surface area (TPSA) is 46.1 Å². The minimum atomic E-state index is 0.0334. The molecule has 2 N–H and O–H groups in total. The summed E-state index contributed by atoms with van der Waals surface area (Å²) in [6.45, 7) is 9.96. The van der Waals surface area contributed by atoms with E-state index in [2.05, 4.69) is 29.0 Å². The van der Waals surface area contributed by atoms with Crippen LogP contribution in [0.3, 0.4) is 0 Å². The summed E-state index contributed by atoms with van der Waals surface area (Å²) >= 11 is 0. The van der Waals surface area contributed by atoms with Gasteiger partial charge < -0.3 is 15.2 Å². The number of carbonyl (C=O) groups excluding carboxylic acids is 1. The maximum absolute atomic E-state index is 12.1. The first-order chi connectivity index (χ1) is 8.49. The molecule has 0 aromatic carbocycles. The van der Waals surface area contributed by atoms with E-state index in [1.165, 1.54) is 0 Å². The van der Waals surface area contributed by atoms with Crippen molar-refractivity contribution >= 4 is 5.91 Å². The summed E-state index contributed by atoms with van der Waals surface area (Å²) in [5.41, 5.74) is 2.99. The highest BCUT2D eigenvalue weighted by atomic mass is 16.1. The van der Waals surface area contributed by atoms with E-state index < -0.39 is 0 Å². The van der Waals surface area contributed by atoms with Gasteiger partial charge in [0.25, 0.3) is 5.91 Å². The molecule has 0 aliphatic carbocycles. The smallest absolute Gasteiger partial charge is 0.253 e. The van der Waals surface area contributed by atoms with Crippen LogP contribution >= 0.6 is 0 Å². The minimum absolute atomic E-state index is 0.0334. The number of aromatic nitrogens is 1. The number of aryl methyl sites for hydroxylation is 1. The molecular weight excluding hydrogens is 226 g/mol. The number of rotatable bonds is 6. The van der Waals surface area contributed by atoms with Gasteiger partial charge in [-0.2, -0.15) is 0 Å². The molecule has 0 aliphatic rings. The van der Waals surface area contributed by atoms with Crippen LogP contribution in [0.1, 0.15) is 48.1 Å². The number of carbonyl (C=O) groups is 1. The maximum Gasteiger partial charge on any atom is 0.253 e. The molecule has 1 aromatic rings. The summed E-state index contributed by atoms with van der Waals surface area (Å²) in [5, 5.41) is 6.03. The monoisotopic (exact) mass is 251 g/mol. The van der Waals surface area contributed by atoms with Gasteiger partial charge in [-0.1, -0.05) is 0 Å². The van der Waals surface area contributed by atoms with Gasteiger partial charge in [-0.25, -0.2) is 0 Å². The average Bonchev–Trinajstić information content (AvgIpc) is 2.60. The fourth-order valence-electron chi connectivity index (χ4n) is 2.36. The van der Waals surface area contributed by atoms with Crippen LogP contribution in [0.25, 0.3) is 0 Å². The summed E-state index contributed by atoms with van der Waals surface area (Å²) in [5.74, 6) is 0.0334. The van der Waals surface area contributed by atoms with E-state index in [9.17, 15) is 4.79 Å². The highest BCUT2D eigenvalue weighted by molar-refractivity contribution is 5.95. The van der Waals surface area contributed by atoms with E-state index in [0.717, 1.165) is 29.9 Å². The molecule has 0 fully saturated rings. The molecule has 1 heterocycles. The van der Waals surface area contributed by atoms with Gasteiger partial charge >= 0.3 is 0 Å². The SMILES string of the molecule is CNCCCNC(=O)c1cc(C)n(C(C)C)c1C. The molecule has 1 rings (SSSR count). The molecule has 4 heteroatoms. The van der Waals surface area contributed by atoms with Crippen LogP contribution in [0, 0.1) is 13.8 Å². The molecule has 0 spiro atoms. The van der Waals surface area contributed by atoms with Crippen LogP contribution in [-0.4, -0.2) is 30.6 Å². The van der Waals surface area contributed by atoms with Crippen molar-refractivity contribution in [1.29, 1.82) is 0 Å². The maximum atomic E-state index is 12.1. The Morgan fingerprint density at radius 2 is 2.00 bits per heavy atom. The molecule has 102 valence electrons. The van der Waals surface area contributed by atoms with Gasteiger partial charge in [-0.15, -0.1) is 0 Å². The Labute approximate surface area is 110 Å². The molecule has 0 bridgehead atoms. The van der Waals surface area contributed by atoms with Gasteiger partial charge in [-0.3, -0.25) is 4.79 Å². The number of amides is 1. The lowest BCUT2D eigenvalue weighted by molar-refractivity contribution is 0.0952. The van der Waals surface area contributed by atoms with Crippen LogP contribution in [0.15, 0.2) is 6.07 Å². The molecule has 0 saturated carbocycles. The molecular formula is C14H25N3O. The second-order valence-corrected chi connectivity index (χ2v) is 4.96. The summed E-state index contributed by atoms with van der Waals surface area (Å²) in [6.07, 6.45) is 0.950. The Bertz CT molecular complexity index is 407. The van der Waals surface area contributed by atoms with E-state index >= 15 is 0 Å². The molecule has 0 atom stereocenters. The zero-order valence-electron chi connectivity index (χ0n) is 12.1. The van der Waals surface area contributed by atoms with Crippen molar-refractivity contribution in [1.82, 2.24) is 15.2 Å². The van der Waals surface area contributed by atoms with E-state index in [1.54, 1.807) is 0 Å². The second-order valence-electron chi connectivity index (χ2n) is 4.96. The summed E-state index contributed by atoms with van der Waals surface area (Å²) in [4.78, 5) is 12.1. The first-order valence-electron chi connectivity index (χ1n) is 6.60. The van der Waals surface area contributed by atoms with Gasteiger partial charge in [-0.05, 0) is 53.8 Å². The van der Waals surface area contributed by atoms with Crippen molar-refractivity contribution in [2.45, 2.75) is 40.2 Å². The quantitative estimate of drug-likeness (QED) is 0.760. The van der Waals surface area contributed by atoms with Crippen molar-refractivity contribution in [2.75, 3.05) is 20.1 Å². The molecule has 1 aromatic heterocycles. The third-order valence-corrected chi connectivity index (χ3v) is 3.13. The number of hydrogen-bond donors (Lipinski definition) is 2. The lowest BCUT2D eigenvalue weighted by Gasteiger charge is -2.13. The van der Waals surface area contributed by atoms with Gasteiger partial charge in [0, 0.05) is 24.0 Å². The molecule has 0 radical (unpaired) electrons. The van der Waals surface area contributed by atoms with Crippen molar-refractivity contribution in [3.05, 3.63) is 23.0 Å². The predicted octanol–water partition coefficient (Wildman–Crippen LogP) is 2.03. The molecule has 18 heavy (non-hydrogen) atoms. The van der Waals surface area contributed by atoms with Crippen molar-refractivity contribution in [2.24, 2.45) is 0 Å². The fraction of sp³-hybridized carbons (Fsp3) is 0.643. The summed E-state index contributed by atoms with van der Waals surface area (Å²) < 4.78 is 2.20. The van der Waals surface area contributed by atoms with Crippen LogP contribution in [0.4, 0.5) is 0 Å². The molecule has 1 amide bonds. The Kier molecular flexibility index (Phi) is 5.41. The lowest BCUT2D eigenvalue weighted by Crippen LogP contribution is -2.27. The number of hydrogen-bond acceptors (Lipinski definition) is 2. The van der Waals surface area contributed by atoms with Crippen molar-refractivity contribution in [3.8, 4) is 0 Å². The second kappa shape index (κ2) is 6.59. The number of nitrogens with zero attached hydrogens (tertiary/aromatic N) is 1. The Hall–Kier alpha value is -1.29. The normalized spacial score (nSPS) is 11.0. The van der Waals surface area contributed by atoms with Gasteiger partial charge in [0.1, 0.15) is 0 Å². The van der Waals surface area contributed by atoms with E-state index in [4.69, 9.17) is 0 Å². The first-order valence-corrected chi connectivity index (χ1v) is 6.60. The van der Waals surface area contributed by atoms with E-state index in [-0.39, 0.29) is 5.91 Å². The lowest BCUT2D eigenvalue weighted by atomic mass is 10.2. The third kappa shape index (κ3) is 3.35. The summed E-state index contributed by atoms with van der Waals surface area (Å²) in [7, 11) is 1.91. The molecule has 0 saturated heterocycles. The van der Waals surface area contributed by atoms with Gasteiger partial charge in [0.15, 0.2) is 0 Å². The van der Waals surface area contributed by atoms with E-state index in [1.807, 2.05) is 27.0 Å². The highest BCUT2D eigenvalue weighted by Gasteiger charge is 2.16. The summed E-state index contributed by atoms with van der Waals surface area (Å²) in [6, 6.07) is 2.36. The Morgan fingerprint density at radius 3 is 2.50 bits per heavy atom. The van der Waals surface area contributed by atoms with Crippen molar-refractivity contribution in [3.63, 3.8) is 0 Å². The molecule has 0 aliphatic heterocycles. The molecule has 4 nitrogen and oxygen atoms in total. The van der Waals surface area contributed by atoms with Crippen LogP contribution in [0.5, 0.6) is 0 Å². The first kappa shape index (κ1) is 14.8. The molecule has 0 unspecified atom stereocenters. The largest absolute Gasteiger partial charge is 0.352 e. The predicted molar refractivity (Wildman–Crippen MR) is 75.2 cm³/mol. The number of nitrogens with one attached hydrogen (secondary N) is 2. The van der Waals surface area contributed by atoms with Crippen LogP contribution < -0.4 is 10.6 Å². The Balaban J connectivity index is 2.72. The minimum Gasteiger partial charge on any atom is -0.352 e. The van der Waals surface area contributed by atoms with Gasteiger partial charge in [0.05, 0.1) is 5.56 Å². The highest BCUT2D eigenvalue weighted by Crippen LogP contribution is 2.19. The Morgan fingerprint density at radius 1 is 1.33 bits per heavy atom. The standard InChI is InChI=1S/C14H25N3O/c1-10(2)17-11(3)9-13(12(17)4)14(18)16-8-6-7-15-5/h9-10,15H,6-8H2,1-5H3,(H,16,18). The van der Waals surface area contributed by atoms with Crippen LogP contribution in [-0.2, 0) is 0 Å². The average molecular weight is 251 g/mol.